The van der Waals surface area contributed by atoms with Gasteiger partial charge in [-0.1, -0.05) is 47.6 Å². The second kappa shape index (κ2) is 7.05. The molecule has 0 bridgehead atoms. The molecule has 2 heterocycles. The molecule has 5 nitrogen and oxygen atoms in total. The number of oxime groups is 1. The Kier molecular flexibility index (Phi) is 4.45. The number of anilines is 1. The Bertz CT molecular complexity index is 972. The van der Waals surface area contributed by atoms with Gasteiger partial charge in [0.25, 0.3) is 5.91 Å². The van der Waals surface area contributed by atoms with E-state index < -0.39 is 6.10 Å². The van der Waals surface area contributed by atoms with Crippen molar-refractivity contribution in [2.45, 2.75) is 12.5 Å². The predicted octanol–water partition coefficient (Wildman–Crippen LogP) is 4.08. The molecule has 130 valence electrons. The highest BCUT2D eigenvalue weighted by Crippen LogP contribution is 2.25. The highest BCUT2D eigenvalue weighted by atomic mass is 32.1. The average molecular weight is 367 g/mol. The normalized spacial score (nSPS) is 16.0. The van der Waals surface area contributed by atoms with E-state index in [1.807, 2.05) is 35.7 Å². The lowest BCUT2D eigenvalue weighted by atomic mass is 10.0. The third-order valence-corrected chi connectivity index (χ3v) is 4.68. The summed E-state index contributed by atoms with van der Waals surface area (Å²) in [5.41, 5.74) is 2.95. The Morgan fingerprint density at radius 1 is 1.15 bits per heavy atom. The molecule has 1 aliphatic rings. The number of aromatic nitrogens is 1. The van der Waals surface area contributed by atoms with Gasteiger partial charge in [-0.3, -0.25) is 10.1 Å². The van der Waals surface area contributed by atoms with Gasteiger partial charge in [-0.05, 0) is 12.1 Å². The Balaban J connectivity index is 1.40. The highest BCUT2D eigenvalue weighted by molar-refractivity contribution is 7.14. The quantitative estimate of drug-likeness (QED) is 0.756. The topological polar surface area (TPSA) is 63.6 Å². The van der Waals surface area contributed by atoms with Crippen molar-refractivity contribution in [1.82, 2.24) is 4.98 Å². The number of halogens is 1. The van der Waals surface area contributed by atoms with Crippen LogP contribution in [0.25, 0.3) is 11.3 Å². The van der Waals surface area contributed by atoms with Gasteiger partial charge in [0.15, 0.2) is 5.13 Å². The van der Waals surface area contributed by atoms with Crippen molar-refractivity contribution in [3.05, 3.63) is 71.4 Å². The van der Waals surface area contributed by atoms with Crippen LogP contribution in [-0.2, 0) is 9.63 Å². The van der Waals surface area contributed by atoms with E-state index in [1.165, 1.54) is 23.5 Å². The molecule has 26 heavy (non-hydrogen) atoms. The third-order valence-electron chi connectivity index (χ3n) is 3.92. The number of hydrogen-bond acceptors (Lipinski definition) is 5. The molecule has 0 saturated heterocycles. The fourth-order valence-corrected chi connectivity index (χ4v) is 3.34. The molecule has 1 atom stereocenters. The number of benzene rings is 2. The van der Waals surface area contributed by atoms with Crippen LogP contribution in [0.4, 0.5) is 9.52 Å². The molecule has 3 aromatic rings. The van der Waals surface area contributed by atoms with Crippen molar-refractivity contribution in [1.29, 1.82) is 0 Å². The molecule has 2 aromatic carbocycles. The highest BCUT2D eigenvalue weighted by Gasteiger charge is 2.29. The third kappa shape index (κ3) is 3.48. The van der Waals surface area contributed by atoms with Crippen molar-refractivity contribution in [3.8, 4) is 11.3 Å². The molecule has 0 saturated carbocycles. The summed E-state index contributed by atoms with van der Waals surface area (Å²) in [5, 5.41) is 9.05. The van der Waals surface area contributed by atoms with E-state index in [0.717, 1.165) is 11.3 Å². The minimum Gasteiger partial charge on any atom is -0.382 e. The molecule has 4 rings (SSSR count). The summed E-state index contributed by atoms with van der Waals surface area (Å²) in [6.07, 6.45) is -0.469. The monoisotopic (exact) mass is 367 g/mol. The molecule has 1 amide bonds. The first kappa shape index (κ1) is 16.4. The van der Waals surface area contributed by atoms with Gasteiger partial charge < -0.3 is 4.84 Å². The molecular weight excluding hydrogens is 353 g/mol. The van der Waals surface area contributed by atoms with Crippen molar-refractivity contribution in [2.24, 2.45) is 5.16 Å². The van der Waals surface area contributed by atoms with Gasteiger partial charge in [-0.15, -0.1) is 11.3 Å². The molecule has 0 aliphatic carbocycles. The predicted molar refractivity (Wildman–Crippen MR) is 98.6 cm³/mol. The van der Waals surface area contributed by atoms with Gasteiger partial charge in [0, 0.05) is 22.9 Å². The molecule has 7 heteroatoms. The van der Waals surface area contributed by atoms with Crippen LogP contribution < -0.4 is 5.32 Å². The van der Waals surface area contributed by atoms with Gasteiger partial charge >= 0.3 is 0 Å². The Morgan fingerprint density at radius 2 is 1.96 bits per heavy atom. The van der Waals surface area contributed by atoms with Crippen molar-refractivity contribution < 1.29 is 14.0 Å². The number of nitrogens with one attached hydrogen (secondary N) is 1. The number of nitrogens with zero attached hydrogens (tertiary/aromatic N) is 2. The molecular formula is C19H14FN3O2S. The summed E-state index contributed by atoms with van der Waals surface area (Å²) in [5.74, 6) is -0.677. The Hall–Kier alpha value is -3.06. The van der Waals surface area contributed by atoms with Crippen molar-refractivity contribution in [2.75, 3.05) is 5.32 Å². The minimum atomic E-state index is -0.752. The number of amides is 1. The van der Waals surface area contributed by atoms with Crippen LogP contribution in [0.15, 0.2) is 65.1 Å². The SMILES string of the molecule is O=C(Nc1nc(-c2ccccc2)cs1)[C@@H]1CC(c2cccc(F)c2)=NO1. The van der Waals surface area contributed by atoms with Crippen molar-refractivity contribution in [3.63, 3.8) is 0 Å². The van der Waals surface area contributed by atoms with Crippen LogP contribution in [-0.4, -0.2) is 22.7 Å². The van der Waals surface area contributed by atoms with Gasteiger partial charge in [0.2, 0.25) is 6.10 Å². The van der Waals surface area contributed by atoms with Crippen LogP contribution in [0.1, 0.15) is 12.0 Å². The van der Waals surface area contributed by atoms with E-state index in [4.69, 9.17) is 4.84 Å². The Morgan fingerprint density at radius 3 is 2.77 bits per heavy atom. The van der Waals surface area contributed by atoms with Crippen LogP contribution in [0, 0.1) is 5.82 Å². The van der Waals surface area contributed by atoms with Gasteiger partial charge in [-0.25, -0.2) is 9.37 Å². The van der Waals surface area contributed by atoms with Crippen molar-refractivity contribution >= 4 is 28.1 Å². The molecule has 1 aliphatic heterocycles. The maximum Gasteiger partial charge on any atom is 0.270 e. The molecule has 0 unspecified atom stereocenters. The van der Waals surface area contributed by atoms with Crippen LogP contribution in [0.3, 0.4) is 0 Å². The van der Waals surface area contributed by atoms with E-state index in [2.05, 4.69) is 15.5 Å². The van der Waals surface area contributed by atoms with Gasteiger partial charge in [-0.2, -0.15) is 0 Å². The number of carbonyl (C=O) groups excluding carboxylic acids is 1. The number of rotatable bonds is 4. The summed E-state index contributed by atoms with van der Waals surface area (Å²) >= 11 is 1.35. The summed E-state index contributed by atoms with van der Waals surface area (Å²) in [6, 6.07) is 15.8. The first-order valence-electron chi connectivity index (χ1n) is 7.99. The lowest BCUT2D eigenvalue weighted by molar-refractivity contribution is -0.125. The standard InChI is InChI=1S/C19H14FN3O2S/c20-14-8-4-7-13(9-14)15-10-17(25-23-15)18(24)22-19-21-16(11-26-19)12-5-2-1-3-6-12/h1-9,11,17H,10H2,(H,21,22,24)/t17-/m0/s1. The second-order valence-corrected chi connectivity index (χ2v) is 6.60. The van der Waals surface area contributed by atoms with E-state index >= 15 is 0 Å². The number of thiazole rings is 1. The van der Waals surface area contributed by atoms with E-state index in [9.17, 15) is 9.18 Å². The summed E-state index contributed by atoms with van der Waals surface area (Å²) in [6.45, 7) is 0. The number of hydrogen-bond donors (Lipinski definition) is 1. The fraction of sp³-hybridized carbons (Fsp3) is 0.105. The maximum absolute atomic E-state index is 13.3. The second-order valence-electron chi connectivity index (χ2n) is 5.74. The largest absolute Gasteiger partial charge is 0.382 e. The zero-order chi connectivity index (χ0) is 17.9. The minimum absolute atomic E-state index is 0.284. The summed E-state index contributed by atoms with van der Waals surface area (Å²) in [7, 11) is 0. The zero-order valence-electron chi connectivity index (χ0n) is 13.6. The summed E-state index contributed by atoms with van der Waals surface area (Å²) in [4.78, 5) is 22.0. The maximum atomic E-state index is 13.3. The molecule has 0 spiro atoms. The fourth-order valence-electron chi connectivity index (χ4n) is 2.62. The van der Waals surface area contributed by atoms with Crippen LogP contribution in [0.5, 0.6) is 0 Å². The van der Waals surface area contributed by atoms with Gasteiger partial charge in [0.1, 0.15) is 5.82 Å². The van der Waals surface area contributed by atoms with E-state index in [1.54, 1.807) is 12.1 Å². The molecule has 0 fully saturated rings. The smallest absolute Gasteiger partial charge is 0.270 e. The van der Waals surface area contributed by atoms with E-state index in [0.29, 0.717) is 16.4 Å². The zero-order valence-corrected chi connectivity index (χ0v) is 14.4. The average Bonchev–Trinajstić information content (AvgIpc) is 3.32. The lowest BCUT2D eigenvalue weighted by Gasteiger charge is -2.07. The van der Waals surface area contributed by atoms with Crippen LogP contribution in [0.2, 0.25) is 0 Å². The first-order valence-corrected chi connectivity index (χ1v) is 8.87. The Labute approximate surface area is 153 Å². The first-order chi connectivity index (χ1) is 12.7. The van der Waals surface area contributed by atoms with E-state index in [-0.39, 0.29) is 18.1 Å². The van der Waals surface area contributed by atoms with Gasteiger partial charge in [0.05, 0.1) is 11.4 Å². The lowest BCUT2D eigenvalue weighted by Crippen LogP contribution is -2.28. The number of carbonyl (C=O) groups is 1. The molecule has 1 aromatic heterocycles. The summed E-state index contributed by atoms with van der Waals surface area (Å²) < 4.78 is 13.3. The van der Waals surface area contributed by atoms with Crippen LogP contribution >= 0.6 is 11.3 Å². The molecule has 0 radical (unpaired) electrons. The molecule has 1 N–H and O–H groups in total.